The number of carbonyl (C=O) groups is 1. The van der Waals surface area contributed by atoms with Crippen LogP contribution in [0.25, 0.3) is 0 Å². The number of rotatable bonds is 4. The van der Waals surface area contributed by atoms with E-state index in [1.807, 2.05) is 19.9 Å². The fourth-order valence-corrected chi connectivity index (χ4v) is 2.92. The average molecular weight is 304 g/mol. The van der Waals surface area contributed by atoms with Crippen molar-refractivity contribution in [3.05, 3.63) is 23.8 Å². The molecule has 4 nitrogen and oxygen atoms in total. The van der Waals surface area contributed by atoms with Gasteiger partial charge in [0.05, 0.1) is 23.0 Å². The van der Waals surface area contributed by atoms with Gasteiger partial charge in [0.15, 0.2) is 0 Å². The topological polar surface area (TPSA) is 64.3 Å². The largest absolute Gasteiger partial charge is 0.459 e. The normalized spacial score (nSPS) is 16.9. The Bertz CT molecular complexity index is 492. The molecular formula is C18H28N2O2. The van der Waals surface area contributed by atoms with E-state index in [1.54, 1.807) is 12.1 Å². The molecule has 1 aliphatic rings. The quantitative estimate of drug-likeness (QED) is 0.641. The van der Waals surface area contributed by atoms with Crippen LogP contribution in [0.3, 0.4) is 0 Å². The van der Waals surface area contributed by atoms with Crippen molar-refractivity contribution >= 4 is 17.3 Å². The average Bonchev–Trinajstić information content (AvgIpc) is 2.42. The molecule has 3 N–H and O–H groups in total. The van der Waals surface area contributed by atoms with Crippen molar-refractivity contribution in [1.82, 2.24) is 0 Å². The summed E-state index contributed by atoms with van der Waals surface area (Å²) in [6, 6.07) is 5.86. The number of nitrogen functional groups attached to an aromatic ring is 1. The first kappa shape index (κ1) is 16.7. The van der Waals surface area contributed by atoms with Crippen LogP contribution in [-0.4, -0.2) is 18.1 Å². The van der Waals surface area contributed by atoms with Crippen molar-refractivity contribution in [2.75, 3.05) is 11.1 Å². The van der Waals surface area contributed by atoms with Gasteiger partial charge in [0.1, 0.15) is 0 Å². The minimum atomic E-state index is -0.320. The van der Waals surface area contributed by atoms with E-state index < -0.39 is 0 Å². The lowest BCUT2D eigenvalue weighted by atomic mass is 9.96. The third-order valence-electron chi connectivity index (χ3n) is 4.09. The summed E-state index contributed by atoms with van der Waals surface area (Å²) in [5.74, 6) is -0.320. The zero-order chi connectivity index (χ0) is 15.9. The molecule has 0 atom stereocenters. The van der Waals surface area contributed by atoms with Gasteiger partial charge in [-0.25, -0.2) is 4.79 Å². The van der Waals surface area contributed by atoms with Crippen molar-refractivity contribution in [3.8, 4) is 0 Å². The third-order valence-corrected chi connectivity index (χ3v) is 4.09. The molecule has 0 bridgehead atoms. The molecule has 4 heteroatoms. The van der Waals surface area contributed by atoms with Gasteiger partial charge in [-0.05, 0) is 44.9 Å². The first-order chi connectivity index (χ1) is 10.6. The Hall–Kier alpha value is -1.71. The van der Waals surface area contributed by atoms with Gasteiger partial charge in [0.25, 0.3) is 0 Å². The van der Waals surface area contributed by atoms with E-state index in [9.17, 15) is 4.79 Å². The first-order valence-corrected chi connectivity index (χ1v) is 8.43. The van der Waals surface area contributed by atoms with Crippen LogP contribution in [0, 0.1) is 0 Å². The van der Waals surface area contributed by atoms with Gasteiger partial charge in [0.2, 0.25) is 0 Å². The van der Waals surface area contributed by atoms with Crippen molar-refractivity contribution in [2.24, 2.45) is 0 Å². The van der Waals surface area contributed by atoms with Crippen LogP contribution in [0.5, 0.6) is 0 Å². The van der Waals surface area contributed by atoms with Gasteiger partial charge in [-0.1, -0.05) is 32.1 Å². The van der Waals surface area contributed by atoms with Crippen LogP contribution in [0.15, 0.2) is 18.2 Å². The van der Waals surface area contributed by atoms with E-state index in [2.05, 4.69) is 5.32 Å². The summed E-state index contributed by atoms with van der Waals surface area (Å²) >= 11 is 0. The van der Waals surface area contributed by atoms with Gasteiger partial charge in [-0.3, -0.25) is 0 Å². The van der Waals surface area contributed by atoms with Gasteiger partial charge in [0, 0.05) is 6.04 Å². The Morgan fingerprint density at radius 2 is 1.82 bits per heavy atom. The van der Waals surface area contributed by atoms with Crippen molar-refractivity contribution in [3.63, 3.8) is 0 Å². The highest BCUT2D eigenvalue weighted by atomic mass is 16.5. The summed E-state index contributed by atoms with van der Waals surface area (Å²) in [5.41, 5.74) is 8.15. The van der Waals surface area contributed by atoms with Gasteiger partial charge in [-0.2, -0.15) is 0 Å². The number of anilines is 2. The molecule has 0 saturated heterocycles. The maximum atomic E-state index is 11.9. The third kappa shape index (κ3) is 4.93. The van der Waals surface area contributed by atoms with E-state index in [1.165, 1.54) is 44.9 Å². The van der Waals surface area contributed by atoms with Crippen LogP contribution in [-0.2, 0) is 4.74 Å². The fourth-order valence-electron chi connectivity index (χ4n) is 2.92. The van der Waals surface area contributed by atoms with E-state index in [4.69, 9.17) is 10.5 Å². The minimum Gasteiger partial charge on any atom is -0.459 e. The van der Waals surface area contributed by atoms with Crippen LogP contribution in [0.4, 0.5) is 11.4 Å². The van der Waals surface area contributed by atoms with E-state index >= 15 is 0 Å². The Labute approximate surface area is 133 Å². The molecule has 2 rings (SSSR count). The standard InChI is InChI=1S/C18H28N2O2/c1-13(2)22-18(21)14-10-11-17(16(19)12-14)20-15-8-6-4-3-5-7-9-15/h10-13,15,20H,3-9,19H2,1-2H3. The second kappa shape index (κ2) is 8.06. The zero-order valence-corrected chi connectivity index (χ0v) is 13.7. The smallest absolute Gasteiger partial charge is 0.338 e. The molecule has 0 aliphatic heterocycles. The molecule has 1 aromatic carbocycles. The molecule has 122 valence electrons. The minimum absolute atomic E-state index is 0.124. The molecule has 1 aliphatic carbocycles. The summed E-state index contributed by atoms with van der Waals surface area (Å²) in [4.78, 5) is 11.9. The predicted molar refractivity (Wildman–Crippen MR) is 91.1 cm³/mol. The molecule has 1 fully saturated rings. The highest BCUT2D eigenvalue weighted by Crippen LogP contribution is 2.25. The summed E-state index contributed by atoms with van der Waals surface area (Å²) in [6.45, 7) is 3.68. The summed E-state index contributed by atoms with van der Waals surface area (Å²) in [5, 5.41) is 3.55. The van der Waals surface area contributed by atoms with Crippen LogP contribution in [0.1, 0.15) is 69.2 Å². The number of benzene rings is 1. The van der Waals surface area contributed by atoms with Gasteiger partial charge < -0.3 is 15.8 Å². The van der Waals surface area contributed by atoms with Crippen LogP contribution in [0.2, 0.25) is 0 Å². The number of nitrogens with one attached hydrogen (secondary N) is 1. The Morgan fingerprint density at radius 3 is 2.41 bits per heavy atom. The Morgan fingerprint density at radius 1 is 1.18 bits per heavy atom. The maximum absolute atomic E-state index is 11.9. The number of nitrogens with two attached hydrogens (primary N) is 1. The number of hydrogen-bond donors (Lipinski definition) is 2. The molecule has 22 heavy (non-hydrogen) atoms. The monoisotopic (exact) mass is 304 g/mol. The van der Waals surface area contributed by atoms with Crippen molar-refractivity contribution in [1.29, 1.82) is 0 Å². The highest BCUT2D eigenvalue weighted by molar-refractivity contribution is 5.92. The molecular weight excluding hydrogens is 276 g/mol. The molecule has 0 aromatic heterocycles. The summed E-state index contributed by atoms with van der Waals surface area (Å²) < 4.78 is 5.20. The Balaban J connectivity index is 2.01. The summed E-state index contributed by atoms with van der Waals surface area (Å²) in [7, 11) is 0. The second-order valence-corrected chi connectivity index (χ2v) is 6.44. The van der Waals surface area contributed by atoms with Crippen LogP contribution < -0.4 is 11.1 Å². The number of ether oxygens (including phenoxy) is 1. The molecule has 0 radical (unpaired) electrons. The van der Waals surface area contributed by atoms with E-state index in [0.717, 1.165) is 5.69 Å². The maximum Gasteiger partial charge on any atom is 0.338 e. The SMILES string of the molecule is CC(C)OC(=O)c1ccc(NC2CCCCCCC2)c(N)c1. The molecule has 1 aromatic rings. The van der Waals surface area contributed by atoms with Crippen molar-refractivity contribution < 1.29 is 9.53 Å². The van der Waals surface area contributed by atoms with Crippen LogP contribution >= 0.6 is 0 Å². The van der Waals surface area contributed by atoms with E-state index in [-0.39, 0.29) is 12.1 Å². The Kier molecular flexibility index (Phi) is 6.10. The van der Waals surface area contributed by atoms with Gasteiger partial charge >= 0.3 is 5.97 Å². The lowest BCUT2D eigenvalue weighted by Gasteiger charge is -2.23. The molecule has 1 saturated carbocycles. The number of carbonyl (C=O) groups excluding carboxylic acids is 1. The number of esters is 1. The first-order valence-electron chi connectivity index (χ1n) is 8.43. The zero-order valence-electron chi connectivity index (χ0n) is 13.7. The summed E-state index contributed by atoms with van der Waals surface area (Å²) in [6.07, 6.45) is 8.82. The van der Waals surface area contributed by atoms with Gasteiger partial charge in [-0.15, -0.1) is 0 Å². The van der Waals surface area contributed by atoms with Crippen molar-refractivity contribution in [2.45, 2.75) is 70.9 Å². The fraction of sp³-hybridized carbons (Fsp3) is 0.611. The van der Waals surface area contributed by atoms with E-state index in [0.29, 0.717) is 17.3 Å². The molecule has 0 heterocycles. The lowest BCUT2D eigenvalue weighted by Crippen LogP contribution is -2.21. The lowest BCUT2D eigenvalue weighted by molar-refractivity contribution is 0.0378. The molecule has 0 amide bonds. The molecule has 0 spiro atoms. The second-order valence-electron chi connectivity index (χ2n) is 6.44. The highest BCUT2D eigenvalue weighted by Gasteiger charge is 2.14. The molecule has 0 unspecified atom stereocenters. The number of hydrogen-bond acceptors (Lipinski definition) is 4. The predicted octanol–water partition coefficient (Wildman–Crippen LogP) is 4.36.